The smallest absolute Gasteiger partial charge is 0.0894 e. The van der Waals surface area contributed by atoms with Crippen LogP contribution in [0.25, 0.3) is 275 Å². The van der Waals surface area contributed by atoms with Gasteiger partial charge in [-0.05, 0) is 196 Å². The second-order valence-corrected chi connectivity index (χ2v) is 35.1. The van der Waals surface area contributed by atoms with Gasteiger partial charge in [-0.2, -0.15) is 0 Å². The van der Waals surface area contributed by atoms with E-state index in [-0.39, 0.29) is 0 Å². The highest BCUT2D eigenvalue weighted by molar-refractivity contribution is 6.15. The molecule has 28 aromatic rings. The third-order valence-electron chi connectivity index (χ3n) is 26.8. The van der Waals surface area contributed by atoms with Crippen LogP contribution in [0.15, 0.2) is 467 Å². The molecule has 0 atom stereocenters. The summed E-state index contributed by atoms with van der Waals surface area (Å²) in [6, 6.07) is 165. The molecule has 0 aliphatic rings. The molecule has 630 valence electrons. The predicted molar refractivity (Wildman–Crippen MR) is 569 cm³/mol. The Morgan fingerprint density at radius 3 is 0.750 bits per heavy atom. The molecule has 9 heterocycles. The Balaban J connectivity index is 0.000000106. The average molecular weight is 1730 g/mol. The zero-order valence-electron chi connectivity index (χ0n) is 73.5. The Morgan fingerprint density at radius 2 is 0.346 bits per heavy atom. The maximum absolute atomic E-state index is 5.23. The summed E-state index contributed by atoms with van der Waals surface area (Å²) >= 11 is 0. The molecule has 0 unspecified atom stereocenters. The first-order valence-electron chi connectivity index (χ1n) is 46.0. The lowest BCUT2D eigenvalue weighted by Gasteiger charge is -2.12. The zero-order valence-corrected chi connectivity index (χ0v) is 73.5. The predicted octanol–water partition coefficient (Wildman–Crippen LogP) is 33.1. The van der Waals surface area contributed by atoms with Gasteiger partial charge in [-0.3, -0.25) is 0 Å². The number of pyridine rings is 9. The van der Waals surface area contributed by atoms with Crippen molar-refractivity contribution in [3.05, 3.63) is 467 Å². The minimum atomic E-state index is 0.863. The fourth-order valence-electron chi connectivity index (χ4n) is 19.7. The quantitative estimate of drug-likeness (QED) is 0.130. The molecule has 0 saturated carbocycles. The van der Waals surface area contributed by atoms with Gasteiger partial charge >= 0.3 is 0 Å². The Morgan fingerprint density at radius 1 is 0.103 bits per heavy atom. The van der Waals surface area contributed by atoms with E-state index in [2.05, 4.69) is 467 Å². The first-order chi connectivity index (χ1) is 67.3. The van der Waals surface area contributed by atoms with E-state index < -0.39 is 0 Å². The summed E-state index contributed by atoms with van der Waals surface area (Å²) in [5, 5.41) is 26.9. The topological polar surface area (TPSA) is 116 Å². The standard InChI is InChI=1S/C45H27N3.2C41H25N3/c1-4-10-36-28(7-1)13-16-31-21-24-42(48-45(31)36)41-23-20-30-15-18-33(27-44(30)47-41)32-17-14-29-19-22-40(46-43(29)26-32)39-25-34-8-2-3-9-35(34)37-11-5-6-12-38(37)39;1-3-9-33-26(6-1)8-5-11-35(33)36-21-18-28-13-16-31(24-39(28)42-36)32-17-14-29-19-22-37(43-40(29)25-32)38-23-20-30-15-12-27-7-2-4-10-34(27)41(30)44-38;1-2-7-31-23-34(16-9-26(31)5-1)36-20-17-28-11-14-32(24-39(28)42-36)33-15-12-29-18-21-37(43-40(29)25-33)38-22-19-30-13-10-27-6-3-4-8-35(27)41(30)44-38/h1-27H;2*1-25H. The van der Waals surface area contributed by atoms with E-state index in [1.807, 2.05) is 0 Å². The molecule has 0 saturated heterocycles. The molecule has 0 spiro atoms. The van der Waals surface area contributed by atoms with E-state index in [4.69, 9.17) is 44.9 Å². The van der Waals surface area contributed by atoms with E-state index in [9.17, 15) is 0 Å². The summed E-state index contributed by atoms with van der Waals surface area (Å²) in [6.45, 7) is 0. The molecule has 0 radical (unpaired) electrons. The number of hydrogen-bond acceptors (Lipinski definition) is 9. The van der Waals surface area contributed by atoms with Gasteiger partial charge in [-0.1, -0.05) is 364 Å². The van der Waals surface area contributed by atoms with Gasteiger partial charge in [0.05, 0.1) is 101 Å². The molecule has 19 aromatic carbocycles. The van der Waals surface area contributed by atoms with Crippen LogP contribution in [0.1, 0.15) is 0 Å². The van der Waals surface area contributed by atoms with Gasteiger partial charge in [0.15, 0.2) is 0 Å². The highest BCUT2D eigenvalue weighted by Gasteiger charge is 2.19. The molecule has 9 heteroatoms. The Bertz CT molecular complexity index is 9800. The van der Waals surface area contributed by atoms with Crippen molar-refractivity contribution < 1.29 is 0 Å². The largest absolute Gasteiger partial charge is 0.248 e. The van der Waals surface area contributed by atoms with Crippen LogP contribution in [0.3, 0.4) is 0 Å². The summed E-state index contributed by atoms with van der Waals surface area (Å²) < 4.78 is 0. The molecule has 0 amide bonds. The summed E-state index contributed by atoms with van der Waals surface area (Å²) in [6.07, 6.45) is 0. The Hall–Kier alpha value is -18.3. The Kier molecular flexibility index (Phi) is 19.1. The molecular weight excluding hydrogens is 1650 g/mol. The van der Waals surface area contributed by atoms with Gasteiger partial charge in [0, 0.05) is 81.3 Å². The minimum absolute atomic E-state index is 0.863. The van der Waals surface area contributed by atoms with Crippen molar-refractivity contribution in [2.24, 2.45) is 0 Å². The molecular formula is C127H77N9. The second-order valence-electron chi connectivity index (χ2n) is 35.1. The van der Waals surface area contributed by atoms with Gasteiger partial charge in [0.1, 0.15) is 0 Å². The molecule has 9 nitrogen and oxygen atoms in total. The van der Waals surface area contributed by atoms with E-state index in [0.717, 1.165) is 216 Å². The van der Waals surface area contributed by atoms with Crippen LogP contribution >= 0.6 is 0 Å². The number of nitrogens with zero attached hydrogens (tertiary/aromatic N) is 9. The zero-order chi connectivity index (χ0) is 89.7. The fourth-order valence-corrected chi connectivity index (χ4v) is 19.7. The van der Waals surface area contributed by atoms with Crippen molar-refractivity contribution in [2.75, 3.05) is 0 Å². The van der Waals surface area contributed by atoms with E-state index >= 15 is 0 Å². The van der Waals surface area contributed by atoms with Crippen molar-refractivity contribution in [3.63, 3.8) is 0 Å². The van der Waals surface area contributed by atoms with Gasteiger partial charge < -0.3 is 0 Å². The third-order valence-corrected chi connectivity index (χ3v) is 26.8. The Labute approximate surface area is 781 Å². The van der Waals surface area contributed by atoms with Crippen LogP contribution in [-0.2, 0) is 0 Å². The molecule has 0 aliphatic heterocycles. The van der Waals surface area contributed by atoms with Crippen molar-refractivity contribution in [1.82, 2.24) is 44.9 Å². The number of benzene rings is 19. The van der Waals surface area contributed by atoms with Gasteiger partial charge in [-0.15, -0.1) is 0 Å². The number of hydrogen-bond donors (Lipinski definition) is 0. The summed E-state index contributed by atoms with van der Waals surface area (Å²) in [4.78, 5) is 45.9. The van der Waals surface area contributed by atoms with Crippen LogP contribution in [-0.4, -0.2) is 44.9 Å². The van der Waals surface area contributed by atoms with Crippen molar-refractivity contribution in [3.8, 4) is 101 Å². The van der Waals surface area contributed by atoms with Crippen LogP contribution < -0.4 is 0 Å². The van der Waals surface area contributed by atoms with Crippen LogP contribution in [0.4, 0.5) is 0 Å². The SMILES string of the molecule is c1ccc2c(-c3ccc4ccc(-c5ccc6ccc(-c7ccc8ccc9ccccc9c8n7)nc6c5)cc4n3)cccc2c1.c1ccc2c(c1)cc(-c1ccc3ccc(-c4ccc5ccc(-c6ccc7ccc8ccccc8c7n6)nc5c4)cc3n1)c1ccccc12.c1ccc2cc(-c3ccc4ccc(-c5ccc6ccc(-c7ccc8ccc9ccccc9c8n7)nc6c5)cc4n3)ccc2c1. The lowest BCUT2D eigenvalue weighted by molar-refractivity contribution is 1.32. The van der Waals surface area contributed by atoms with Gasteiger partial charge in [-0.25, -0.2) is 44.9 Å². The third kappa shape index (κ3) is 14.5. The van der Waals surface area contributed by atoms with Gasteiger partial charge in [0.2, 0.25) is 0 Å². The summed E-state index contributed by atoms with van der Waals surface area (Å²) in [5.41, 5.74) is 27.0. The normalized spacial score (nSPS) is 11.7. The lowest BCUT2D eigenvalue weighted by Crippen LogP contribution is -1.91. The van der Waals surface area contributed by atoms with Gasteiger partial charge in [0.25, 0.3) is 0 Å². The number of aromatic nitrogens is 9. The molecule has 0 aliphatic carbocycles. The first-order valence-corrected chi connectivity index (χ1v) is 46.0. The minimum Gasteiger partial charge on any atom is -0.248 e. The summed E-state index contributed by atoms with van der Waals surface area (Å²) in [5.74, 6) is 0. The molecule has 0 N–H and O–H groups in total. The maximum atomic E-state index is 5.23. The van der Waals surface area contributed by atoms with Crippen LogP contribution in [0, 0.1) is 0 Å². The van der Waals surface area contributed by atoms with E-state index in [1.165, 1.54) is 59.2 Å². The monoisotopic (exact) mass is 1730 g/mol. The lowest BCUT2D eigenvalue weighted by atomic mass is 9.95. The van der Waals surface area contributed by atoms with Crippen LogP contribution in [0.5, 0.6) is 0 Å². The highest BCUT2D eigenvalue weighted by Crippen LogP contribution is 2.41. The molecule has 28 rings (SSSR count). The van der Waals surface area contributed by atoms with Crippen molar-refractivity contribution in [1.29, 1.82) is 0 Å². The number of fused-ring (bicyclic) bond motifs is 20. The van der Waals surface area contributed by atoms with E-state index in [0.29, 0.717) is 0 Å². The fraction of sp³-hybridized carbons (Fsp3) is 0. The second kappa shape index (κ2) is 33.0. The number of rotatable bonds is 9. The summed E-state index contributed by atoms with van der Waals surface area (Å²) in [7, 11) is 0. The molecule has 0 bridgehead atoms. The maximum Gasteiger partial charge on any atom is 0.0894 e. The first kappa shape index (κ1) is 78.7. The molecule has 0 fully saturated rings. The van der Waals surface area contributed by atoms with Crippen molar-refractivity contribution >= 4 is 174 Å². The highest BCUT2D eigenvalue weighted by atomic mass is 14.8. The molecule has 9 aromatic heterocycles. The van der Waals surface area contributed by atoms with Crippen molar-refractivity contribution in [2.45, 2.75) is 0 Å². The average Bonchev–Trinajstić information content (AvgIpc) is 0.745. The van der Waals surface area contributed by atoms with Crippen LogP contribution in [0.2, 0.25) is 0 Å². The molecule has 136 heavy (non-hydrogen) atoms. The van der Waals surface area contributed by atoms with E-state index in [1.54, 1.807) is 0 Å².